The number of anilines is 1. The van der Waals surface area contributed by atoms with E-state index in [9.17, 15) is 0 Å². The van der Waals surface area contributed by atoms with E-state index in [0.29, 0.717) is 18.3 Å². The van der Waals surface area contributed by atoms with Crippen LogP contribution in [0.1, 0.15) is 32.0 Å². The summed E-state index contributed by atoms with van der Waals surface area (Å²) in [6.45, 7) is 4.68. The lowest BCUT2D eigenvalue weighted by molar-refractivity contribution is 0.339. The molecule has 0 bridgehead atoms. The van der Waals surface area contributed by atoms with Gasteiger partial charge in [-0.25, -0.2) is 0 Å². The molecule has 1 aromatic heterocycles. The lowest BCUT2D eigenvalue weighted by Crippen LogP contribution is -1.94. The zero-order chi connectivity index (χ0) is 14.4. The average molecular weight is 293 g/mol. The summed E-state index contributed by atoms with van der Waals surface area (Å²) >= 11 is 1.57. The molecule has 0 amide bonds. The van der Waals surface area contributed by atoms with Crippen molar-refractivity contribution in [3.05, 3.63) is 29.9 Å². The smallest absolute Gasteiger partial charge is 0.237 e. The lowest BCUT2D eigenvalue weighted by atomic mass is 10.3. The summed E-state index contributed by atoms with van der Waals surface area (Å²) in [7, 11) is 0. The number of nitrogen functional groups attached to an aromatic ring is 1. The Labute approximate surface area is 122 Å². The summed E-state index contributed by atoms with van der Waals surface area (Å²) in [4.78, 5) is 5.30. The molecule has 0 aliphatic carbocycles. The van der Waals surface area contributed by atoms with Gasteiger partial charge in [0.05, 0.1) is 12.4 Å². The van der Waals surface area contributed by atoms with E-state index in [1.165, 1.54) is 0 Å². The lowest BCUT2D eigenvalue weighted by Gasteiger charge is -2.07. The molecule has 0 spiro atoms. The minimum absolute atomic E-state index is 0.608. The van der Waals surface area contributed by atoms with Crippen LogP contribution in [0.2, 0.25) is 0 Å². The fraction of sp³-hybridized carbons (Fsp3) is 0.429. The van der Waals surface area contributed by atoms with Crippen LogP contribution >= 0.6 is 11.8 Å². The molecule has 0 fully saturated rings. The second-order valence-corrected chi connectivity index (χ2v) is 5.29. The molecule has 0 aliphatic rings. The number of thioether (sulfide) groups is 1. The van der Waals surface area contributed by atoms with Crippen LogP contribution in [-0.2, 0) is 12.2 Å². The summed E-state index contributed by atoms with van der Waals surface area (Å²) in [6.07, 6.45) is 1.85. The van der Waals surface area contributed by atoms with Crippen molar-refractivity contribution >= 4 is 17.4 Å². The van der Waals surface area contributed by atoms with Crippen LogP contribution in [0.5, 0.6) is 5.75 Å². The Balaban J connectivity index is 2.00. The maximum atomic E-state index is 5.96. The van der Waals surface area contributed by atoms with Gasteiger partial charge in [-0.2, -0.15) is 4.98 Å². The van der Waals surface area contributed by atoms with E-state index >= 15 is 0 Å². The molecule has 2 rings (SSSR count). The number of nitrogens with two attached hydrogens (primary N) is 1. The summed E-state index contributed by atoms with van der Waals surface area (Å²) < 4.78 is 10.7. The Kier molecular flexibility index (Phi) is 5.29. The van der Waals surface area contributed by atoms with E-state index < -0.39 is 0 Å². The van der Waals surface area contributed by atoms with Crippen molar-refractivity contribution in [3.8, 4) is 5.75 Å². The van der Waals surface area contributed by atoms with Crippen LogP contribution in [-0.4, -0.2) is 16.7 Å². The van der Waals surface area contributed by atoms with Gasteiger partial charge in [0.2, 0.25) is 5.89 Å². The van der Waals surface area contributed by atoms with Crippen LogP contribution in [0, 0.1) is 0 Å². The number of benzene rings is 1. The van der Waals surface area contributed by atoms with Gasteiger partial charge in [0.25, 0.3) is 0 Å². The van der Waals surface area contributed by atoms with Gasteiger partial charge in [-0.05, 0) is 31.5 Å². The number of rotatable bonds is 7. The van der Waals surface area contributed by atoms with Gasteiger partial charge < -0.3 is 15.0 Å². The number of aryl methyl sites for hydroxylation is 1. The van der Waals surface area contributed by atoms with Crippen molar-refractivity contribution in [1.29, 1.82) is 0 Å². The molecule has 0 saturated heterocycles. The third-order valence-electron chi connectivity index (χ3n) is 2.63. The Morgan fingerprint density at radius 1 is 1.35 bits per heavy atom. The van der Waals surface area contributed by atoms with Gasteiger partial charge in [-0.3, -0.25) is 0 Å². The summed E-state index contributed by atoms with van der Waals surface area (Å²) in [6, 6.07) is 5.66. The number of aromatic nitrogens is 2. The highest BCUT2D eigenvalue weighted by Gasteiger charge is 2.08. The number of ether oxygens (including phenoxy) is 1. The first-order chi connectivity index (χ1) is 9.72. The number of hydrogen-bond acceptors (Lipinski definition) is 6. The van der Waals surface area contributed by atoms with Gasteiger partial charge in [0.1, 0.15) is 5.75 Å². The predicted octanol–water partition coefficient (Wildman–Crippen LogP) is 3.30. The molecular weight excluding hydrogens is 274 g/mol. The molecule has 0 atom stereocenters. The van der Waals surface area contributed by atoms with E-state index in [0.717, 1.165) is 35.0 Å². The molecule has 6 heteroatoms. The summed E-state index contributed by atoms with van der Waals surface area (Å²) in [5.41, 5.74) is 6.69. The normalized spacial score (nSPS) is 10.7. The minimum atomic E-state index is 0.608. The molecule has 0 aliphatic heterocycles. The van der Waals surface area contributed by atoms with Gasteiger partial charge in [0.15, 0.2) is 5.82 Å². The Bertz CT molecular complexity index is 557. The number of hydrogen-bond donors (Lipinski definition) is 1. The van der Waals surface area contributed by atoms with Crippen LogP contribution in [0.4, 0.5) is 5.69 Å². The van der Waals surface area contributed by atoms with Crippen molar-refractivity contribution in [2.75, 3.05) is 12.3 Å². The molecule has 0 saturated carbocycles. The first-order valence-electron chi connectivity index (χ1n) is 6.69. The summed E-state index contributed by atoms with van der Waals surface area (Å²) in [5, 5.41) is 3.93. The van der Waals surface area contributed by atoms with Gasteiger partial charge >= 0.3 is 0 Å². The molecule has 2 N–H and O–H groups in total. The molecule has 2 aromatic rings. The zero-order valence-electron chi connectivity index (χ0n) is 11.8. The minimum Gasteiger partial charge on any atom is -0.494 e. The fourth-order valence-electron chi connectivity index (χ4n) is 1.71. The highest BCUT2D eigenvalue weighted by molar-refractivity contribution is 7.98. The second kappa shape index (κ2) is 7.19. The van der Waals surface area contributed by atoms with Gasteiger partial charge in [-0.1, -0.05) is 12.1 Å². The van der Waals surface area contributed by atoms with E-state index in [1.54, 1.807) is 11.8 Å². The maximum absolute atomic E-state index is 5.96. The van der Waals surface area contributed by atoms with Crippen molar-refractivity contribution in [3.63, 3.8) is 0 Å². The largest absolute Gasteiger partial charge is 0.494 e. The van der Waals surface area contributed by atoms with Gasteiger partial charge in [0, 0.05) is 17.0 Å². The van der Waals surface area contributed by atoms with Gasteiger partial charge in [-0.15, -0.1) is 11.8 Å². The monoisotopic (exact) mass is 293 g/mol. The third-order valence-corrected chi connectivity index (χ3v) is 3.69. The zero-order valence-corrected chi connectivity index (χ0v) is 12.6. The van der Waals surface area contributed by atoms with E-state index in [-0.39, 0.29) is 0 Å². The van der Waals surface area contributed by atoms with E-state index in [2.05, 4.69) is 17.1 Å². The molecule has 108 valence electrons. The molecule has 1 aromatic carbocycles. The Morgan fingerprint density at radius 3 is 2.95 bits per heavy atom. The topological polar surface area (TPSA) is 74.2 Å². The molecule has 5 nitrogen and oxygen atoms in total. The average Bonchev–Trinajstić information content (AvgIpc) is 2.88. The summed E-state index contributed by atoms with van der Waals surface area (Å²) in [5.74, 6) is 2.82. The quantitative estimate of drug-likeness (QED) is 0.623. The van der Waals surface area contributed by atoms with Crippen LogP contribution < -0.4 is 10.5 Å². The van der Waals surface area contributed by atoms with Crippen LogP contribution in [0.15, 0.2) is 27.6 Å². The Hall–Kier alpha value is -1.69. The van der Waals surface area contributed by atoms with Crippen LogP contribution in [0.3, 0.4) is 0 Å². The SMILES string of the molecule is CCCc1noc(CSc2cc(OCC)ccc2N)n1. The highest BCUT2D eigenvalue weighted by Crippen LogP contribution is 2.31. The van der Waals surface area contributed by atoms with Crippen molar-refractivity contribution in [1.82, 2.24) is 10.1 Å². The first-order valence-corrected chi connectivity index (χ1v) is 7.68. The third kappa shape index (κ3) is 3.90. The fourth-order valence-corrected chi connectivity index (χ4v) is 2.54. The molecular formula is C14H19N3O2S. The van der Waals surface area contributed by atoms with Crippen molar-refractivity contribution < 1.29 is 9.26 Å². The first kappa shape index (κ1) is 14.7. The van der Waals surface area contributed by atoms with E-state index in [4.69, 9.17) is 15.0 Å². The predicted molar refractivity (Wildman–Crippen MR) is 79.9 cm³/mol. The molecule has 20 heavy (non-hydrogen) atoms. The highest BCUT2D eigenvalue weighted by atomic mass is 32.2. The Morgan fingerprint density at radius 2 is 2.20 bits per heavy atom. The maximum Gasteiger partial charge on any atom is 0.237 e. The molecule has 0 radical (unpaired) electrons. The standard InChI is InChI=1S/C14H19N3O2S/c1-3-5-13-16-14(19-17-13)9-20-12-8-10(18-4-2)6-7-11(12)15/h6-8H,3-5,9,15H2,1-2H3. The second-order valence-electron chi connectivity index (χ2n) is 4.28. The van der Waals surface area contributed by atoms with E-state index in [1.807, 2.05) is 25.1 Å². The molecule has 0 unspecified atom stereocenters. The number of nitrogens with zero attached hydrogens (tertiary/aromatic N) is 2. The van der Waals surface area contributed by atoms with Crippen LogP contribution in [0.25, 0.3) is 0 Å². The molecule has 1 heterocycles. The van der Waals surface area contributed by atoms with Crippen molar-refractivity contribution in [2.45, 2.75) is 37.3 Å². The van der Waals surface area contributed by atoms with Crippen molar-refractivity contribution in [2.24, 2.45) is 0 Å².